The Balaban J connectivity index is 0.00000392. The van der Waals surface area contributed by atoms with Crippen molar-refractivity contribution in [3.63, 3.8) is 0 Å². The Labute approximate surface area is 185 Å². The lowest BCUT2D eigenvalue weighted by atomic mass is 9.84. The summed E-state index contributed by atoms with van der Waals surface area (Å²) < 4.78 is 0. The number of nitrogens with two attached hydrogens (primary N) is 1. The Kier molecular flexibility index (Phi) is 9.45. The Hall–Kier alpha value is -2.09. The van der Waals surface area contributed by atoms with Crippen LogP contribution in [0.15, 0.2) is 53.5 Å². The first kappa shape index (κ1) is 23.9. The monoisotopic (exact) mass is 494 g/mol. The molecule has 0 bridgehead atoms. The van der Waals surface area contributed by atoms with Crippen molar-refractivity contribution >= 4 is 35.8 Å². The summed E-state index contributed by atoms with van der Waals surface area (Å²) in [5.74, 6) is 0.299. The van der Waals surface area contributed by atoms with Crippen LogP contribution in [0.4, 0.5) is 0 Å². The number of hydrogen-bond acceptors (Lipinski definition) is 2. The van der Waals surface area contributed by atoms with Gasteiger partial charge in [0.1, 0.15) is 0 Å². The molecule has 6 heteroatoms. The van der Waals surface area contributed by atoms with Gasteiger partial charge in [0.2, 0.25) is 5.91 Å². The average molecular weight is 494 g/mol. The van der Waals surface area contributed by atoms with Crippen molar-refractivity contribution in [2.24, 2.45) is 10.7 Å². The number of nitrogens with one attached hydrogen (secondary N) is 2. The molecule has 4 N–H and O–H groups in total. The second-order valence-corrected chi connectivity index (χ2v) is 7.28. The van der Waals surface area contributed by atoms with E-state index in [1.807, 2.05) is 12.1 Å². The van der Waals surface area contributed by atoms with Gasteiger partial charge in [0.25, 0.3) is 0 Å². The molecule has 2 rings (SSSR count). The highest BCUT2D eigenvalue weighted by Crippen LogP contribution is 2.22. The number of primary amides is 1. The maximum absolute atomic E-state index is 11.3. The molecular formula is C22H31IN4O. The van der Waals surface area contributed by atoms with Gasteiger partial charge in [-0.15, -0.1) is 24.0 Å². The van der Waals surface area contributed by atoms with Crippen LogP contribution in [0.5, 0.6) is 0 Å². The second kappa shape index (κ2) is 11.0. The number of carbonyl (C=O) groups excluding carboxylic acids is 1. The van der Waals surface area contributed by atoms with Crippen molar-refractivity contribution in [1.82, 2.24) is 10.6 Å². The number of aliphatic imine (C=N–C) groups is 1. The molecule has 2 aromatic rings. The van der Waals surface area contributed by atoms with Gasteiger partial charge in [0, 0.05) is 31.1 Å². The van der Waals surface area contributed by atoms with Crippen LogP contribution in [-0.4, -0.2) is 25.5 Å². The zero-order valence-corrected chi connectivity index (χ0v) is 19.4. The first-order chi connectivity index (χ1) is 12.9. The van der Waals surface area contributed by atoms with E-state index in [-0.39, 0.29) is 29.4 Å². The molecule has 0 fully saturated rings. The highest BCUT2D eigenvalue weighted by atomic mass is 127. The molecule has 28 heavy (non-hydrogen) atoms. The summed E-state index contributed by atoms with van der Waals surface area (Å²) in [5, 5.41) is 6.67. The van der Waals surface area contributed by atoms with Gasteiger partial charge in [0.05, 0.1) is 0 Å². The lowest BCUT2D eigenvalue weighted by Gasteiger charge is -2.27. The van der Waals surface area contributed by atoms with E-state index in [2.05, 4.69) is 60.7 Å². The molecule has 5 nitrogen and oxygen atoms in total. The largest absolute Gasteiger partial charge is 0.366 e. The number of aryl methyl sites for hydroxylation is 1. The van der Waals surface area contributed by atoms with Crippen molar-refractivity contribution in [2.45, 2.75) is 39.2 Å². The van der Waals surface area contributed by atoms with Gasteiger partial charge in [-0.05, 0) is 35.2 Å². The molecule has 0 saturated carbocycles. The fourth-order valence-corrected chi connectivity index (χ4v) is 2.84. The number of hydrogen-bond donors (Lipinski definition) is 3. The number of guanidine groups is 1. The molecule has 0 aliphatic rings. The van der Waals surface area contributed by atoms with Crippen LogP contribution in [0.25, 0.3) is 0 Å². The molecule has 152 valence electrons. The molecule has 0 saturated heterocycles. The second-order valence-electron chi connectivity index (χ2n) is 7.28. The number of amides is 1. The highest BCUT2D eigenvalue weighted by Gasteiger charge is 2.20. The van der Waals surface area contributed by atoms with Crippen LogP contribution in [-0.2, 0) is 18.4 Å². The summed E-state index contributed by atoms with van der Waals surface area (Å²) in [5.41, 5.74) is 9.42. The summed E-state index contributed by atoms with van der Waals surface area (Å²) in [6, 6.07) is 16.1. The zero-order valence-electron chi connectivity index (χ0n) is 17.1. The number of carbonyl (C=O) groups is 1. The van der Waals surface area contributed by atoms with Gasteiger partial charge in [0.15, 0.2) is 5.96 Å². The number of rotatable bonds is 7. The molecule has 0 heterocycles. The van der Waals surface area contributed by atoms with E-state index < -0.39 is 5.91 Å². The van der Waals surface area contributed by atoms with Crippen molar-refractivity contribution in [1.29, 1.82) is 0 Å². The van der Waals surface area contributed by atoms with Gasteiger partial charge >= 0.3 is 0 Å². The van der Waals surface area contributed by atoms with Crippen molar-refractivity contribution in [2.75, 3.05) is 13.6 Å². The molecular weight excluding hydrogens is 463 g/mol. The first-order valence-corrected chi connectivity index (χ1v) is 9.28. The molecule has 0 spiro atoms. The van der Waals surface area contributed by atoms with Crippen LogP contribution in [0.2, 0.25) is 0 Å². The summed E-state index contributed by atoms with van der Waals surface area (Å²) in [4.78, 5) is 15.6. The normalized spacial score (nSPS) is 11.5. The number of benzene rings is 2. The molecule has 0 aliphatic heterocycles. The van der Waals surface area contributed by atoms with Gasteiger partial charge in [-0.1, -0.05) is 57.2 Å². The minimum absolute atomic E-state index is 0. The average Bonchev–Trinajstić information content (AvgIpc) is 2.68. The SMILES string of the molecule is CCc1ccc(C(C)(C)CNC(=NC)NCc2cccc(C(N)=O)c2)cc1.I. The molecule has 2 aromatic carbocycles. The van der Waals surface area contributed by atoms with Crippen LogP contribution >= 0.6 is 24.0 Å². The van der Waals surface area contributed by atoms with E-state index in [9.17, 15) is 4.79 Å². The maximum Gasteiger partial charge on any atom is 0.248 e. The van der Waals surface area contributed by atoms with Crippen molar-refractivity contribution in [3.8, 4) is 0 Å². The number of nitrogens with zero attached hydrogens (tertiary/aromatic N) is 1. The number of halogens is 1. The predicted octanol–water partition coefficient (Wildman–Crippen LogP) is 3.61. The van der Waals surface area contributed by atoms with Crippen LogP contribution < -0.4 is 16.4 Å². The Morgan fingerprint density at radius 1 is 1.07 bits per heavy atom. The molecule has 0 aliphatic carbocycles. The molecule has 1 amide bonds. The minimum Gasteiger partial charge on any atom is -0.366 e. The highest BCUT2D eigenvalue weighted by molar-refractivity contribution is 14.0. The minimum atomic E-state index is -0.421. The van der Waals surface area contributed by atoms with E-state index in [0.717, 1.165) is 24.5 Å². The first-order valence-electron chi connectivity index (χ1n) is 9.28. The third-order valence-corrected chi connectivity index (χ3v) is 4.74. The van der Waals surface area contributed by atoms with Crippen LogP contribution in [0.1, 0.15) is 47.8 Å². The lowest BCUT2D eigenvalue weighted by molar-refractivity contribution is 0.1000. The van der Waals surface area contributed by atoms with Crippen molar-refractivity contribution < 1.29 is 4.79 Å². The third-order valence-electron chi connectivity index (χ3n) is 4.74. The standard InChI is InChI=1S/C22H30N4O.HI/c1-5-16-9-11-19(12-10-16)22(2,3)15-26-21(24-4)25-14-17-7-6-8-18(13-17)20(23)27;/h6-13H,5,14-15H2,1-4H3,(H2,23,27)(H2,24,25,26);1H. The van der Waals surface area contributed by atoms with Crippen molar-refractivity contribution in [3.05, 3.63) is 70.8 Å². The summed E-state index contributed by atoms with van der Waals surface area (Å²) in [7, 11) is 1.75. The fraction of sp³-hybridized carbons (Fsp3) is 0.364. The van der Waals surface area contributed by atoms with Gasteiger partial charge in [-0.2, -0.15) is 0 Å². The third kappa shape index (κ3) is 6.82. The summed E-state index contributed by atoms with van der Waals surface area (Å²) in [6.45, 7) is 7.90. The van der Waals surface area contributed by atoms with Gasteiger partial charge in [-0.3, -0.25) is 9.79 Å². The fourth-order valence-electron chi connectivity index (χ4n) is 2.84. The predicted molar refractivity (Wildman–Crippen MR) is 127 cm³/mol. The smallest absolute Gasteiger partial charge is 0.248 e. The Morgan fingerprint density at radius 2 is 1.75 bits per heavy atom. The molecule has 0 unspecified atom stereocenters. The summed E-state index contributed by atoms with van der Waals surface area (Å²) in [6.07, 6.45) is 1.05. The van der Waals surface area contributed by atoms with E-state index in [0.29, 0.717) is 12.1 Å². The maximum atomic E-state index is 11.3. The molecule has 0 atom stereocenters. The lowest BCUT2D eigenvalue weighted by Crippen LogP contribution is -2.43. The zero-order chi connectivity index (χ0) is 19.9. The van der Waals surface area contributed by atoms with Crippen LogP contribution in [0, 0.1) is 0 Å². The Morgan fingerprint density at radius 3 is 2.32 bits per heavy atom. The quantitative estimate of drug-likeness (QED) is 0.313. The molecule has 0 radical (unpaired) electrons. The summed E-state index contributed by atoms with van der Waals surface area (Å²) >= 11 is 0. The Bertz CT molecular complexity index is 800. The van der Waals surface area contributed by atoms with Gasteiger partial charge in [-0.25, -0.2) is 0 Å². The van der Waals surface area contributed by atoms with E-state index in [1.165, 1.54) is 11.1 Å². The van der Waals surface area contributed by atoms with Crippen LogP contribution in [0.3, 0.4) is 0 Å². The van der Waals surface area contributed by atoms with E-state index >= 15 is 0 Å². The topological polar surface area (TPSA) is 79.5 Å². The molecule has 0 aromatic heterocycles. The van der Waals surface area contributed by atoms with E-state index in [1.54, 1.807) is 19.2 Å². The van der Waals surface area contributed by atoms with E-state index in [4.69, 9.17) is 5.73 Å². The van der Waals surface area contributed by atoms with Gasteiger partial charge < -0.3 is 16.4 Å².